The van der Waals surface area contributed by atoms with Gasteiger partial charge in [0.05, 0.1) is 31.4 Å². The van der Waals surface area contributed by atoms with Gasteiger partial charge >= 0.3 is 0 Å². The molecular formula is C24H22N2O3. The second-order valence-electron chi connectivity index (χ2n) is 7.44. The van der Waals surface area contributed by atoms with Gasteiger partial charge in [-0.05, 0) is 42.7 Å². The van der Waals surface area contributed by atoms with E-state index in [9.17, 15) is 15.2 Å². The van der Waals surface area contributed by atoms with Crippen LogP contribution < -0.4 is 4.74 Å². The van der Waals surface area contributed by atoms with E-state index < -0.39 is 6.04 Å². The molecule has 29 heavy (non-hydrogen) atoms. The van der Waals surface area contributed by atoms with Crippen LogP contribution in [-0.2, 0) is 4.79 Å². The van der Waals surface area contributed by atoms with Crippen molar-refractivity contribution < 1.29 is 14.6 Å². The Hall–Kier alpha value is -3.28. The van der Waals surface area contributed by atoms with Crippen molar-refractivity contribution in [1.82, 2.24) is 4.90 Å². The van der Waals surface area contributed by atoms with Crippen LogP contribution in [0, 0.1) is 29.1 Å². The first-order valence-electron chi connectivity index (χ1n) is 9.75. The number of hydrogen-bond donors (Lipinski definition) is 1. The average molecular weight is 386 g/mol. The largest absolute Gasteiger partial charge is 0.495 e. The molecule has 1 aliphatic carbocycles. The molecule has 1 saturated heterocycles. The lowest BCUT2D eigenvalue weighted by atomic mass is 9.75. The fraction of sp³-hybridized carbons (Fsp3) is 0.333. The molecule has 0 aromatic heterocycles. The molecule has 1 saturated carbocycles. The van der Waals surface area contributed by atoms with Gasteiger partial charge in [0.1, 0.15) is 11.8 Å². The number of amides is 1. The van der Waals surface area contributed by atoms with Crippen molar-refractivity contribution in [2.45, 2.75) is 30.8 Å². The highest BCUT2D eigenvalue weighted by atomic mass is 16.5. The number of hydrogen-bond acceptors (Lipinski definition) is 4. The molecule has 2 aromatic carbocycles. The fourth-order valence-corrected chi connectivity index (χ4v) is 3.93. The molecule has 1 aliphatic heterocycles. The Morgan fingerprint density at radius 1 is 1.17 bits per heavy atom. The fourth-order valence-electron chi connectivity index (χ4n) is 3.93. The second kappa shape index (κ2) is 7.99. The normalized spacial score (nSPS) is 22.7. The molecule has 0 unspecified atom stereocenters. The first-order chi connectivity index (χ1) is 14.2. The maximum Gasteiger partial charge on any atom is 0.227 e. The minimum Gasteiger partial charge on any atom is -0.495 e. The summed E-state index contributed by atoms with van der Waals surface area (Å²) in [6.07, 6.45) is 1.77. The Labute approximate surface area is 170 Å². The highest BCUT2D eigenvalue weighted by Gasteiger charge is 2.53. The zero-order valence-corrected chi connectivity index (χ0v) is 16.2. The molecule has 0 spiro atoms. The molecule has 0 radical (unpaired) electrons. The van der Waals surface area contributed by atoms with Gasteiger partial charge in [-0.2, -0.15) is 5.26 Å². The minimum absolute atomic E-state index is 0.00569. The zero-order valence-electron chi connectivity index (χ0n) is 16.2. The van der Waals surface area contributed by atoms with Crippen LogP contribution in [0.4, 0.5) is 0 Å². The summed E-state index contributed by atoms with van der Waals surface area (Å²) in [5.41, 5.74) is 2.61. The smallest absolute Gasteiger partial charge is 0.227 e. The van der Waals surface area contributed by atoms with Crippen molar-refractivity contribution in [2.24, 2.45) is 5.92 Å². The predicted octanol–water partition coefficient (Wildman–Crippen LogP) is 2.68. The third-order valence-electron chi connectivity index (χ3n) is 5.66. The Morgan fingerprint density at radius 3 is 2.52 bits per heavy atom. The Bertz CT molecular complexity index is 1010. The molecule has 0 bridgehead atoms. The lowest BCUT2D eigenvalue weighted by molar-refractivity contribution is -0.148. The summed E-state index contributed by atoms with van der Waals surface area (Å²) in [5.74, 6) is 6.84. The number of aliphatic hydroxyl groups is 1. The summed E-state index contributed by atoms with van der Waals surface area (Å²) in [4.78, 5) is 14.0. The highest BCUT2D eigenvalue weighted by Crippen LogP contribution is 2.44. The van der Waals surface area contributed by atoms with E-state index in [0.29, 0.717) is 0 Å². The maximum absolute atomic E-state index is 12.5. The molecule has 2 fully saturated rings. The van der Waals surface area contributed by atoms with Crippen LogP contribution in [0.15, 0.2) is 48.5 Å². The van der Waals surface area contributed by atoms with Gasteiger partial charge in [0, 0.05) is 17.4 Å². The summed E-state index contributed by atoms with van der Waals surface area (Å²) in [5, 5.41) is 19.4. The van der Waals surface area contributed by atoms with Crippen LogP contribution in [0.5, 0.6) is 5.75 Å². The summed E-state index contributed by atoms with van der Waals surface area (Å²) < 4.78 is 5.32. The third kappa shape index (κ3) is 3.58. The predicted molar refractivity (Wildman–Crippen MR) is 108 cm³/mol. The van der Waals surface area contributed by atoms with Crippen LogP contribution in [-0.4, -0.2) is 41.7 Å². The summed E-state index contributed by atoms with van der Waals surface area (Å²) >= 11 is 0. The van der Waals surface area contributed by atoms with Crippen LogP contribution in [0.3, 0.4) is 0 Å². The van der Waals surface area contributed by atoms with E-state index in [1.165, 1.54) is 0 Å². The SMILES string of the molecule is COc1ccccc1C#Cc1ccc([C@@H]2[C@@H](CO)N(C(=O)C3CC3)[C@H]2C#N)cc1. The van der Waals surface area contributed by atoms with Crippen molar-refractivity contribution >= 4 is 5.91 Å². The van der Waals surface area contributed by atoms with Crippen molar-refractivity contribution in [3.8, 4) is 23.7 Å². The second-order valence-corrected chi connectivity index (χ2v) is 7.44. The molecule has 1 heterocycles. The molecule has 146 valence electrons. The summed E-state index contributed by atoms with van der Waals surface area (Å²) in [6.45, 7) is -0.142. The van der Waals surface area contributed by atoms with Crippen LogP contribution in [0.2, 0.25) is 0 Å². The van der Waals surface area contributed by atoms with E-state index >= 15 is 0 Å². The molecule has 3 atom stereocenters. The van der Waals surface area contributed by atoms with Crippen LogP contribution in [0.1, 0.15) is 35.4 Å². The number of benzene rings is 2. The number of nitriles is 1. The topological polar surface area (TPSA) is 73.6 Å². The van der Waals surface area contributed by atoms with Gasteiger partial charge in [0.15, 0.2) is 0 Å². The number of rotatable bonds is 4. The molecule has 1 N–H and O–H groups in total. The van der Waals surface area contributed by atoms with Gasteiger partial charge in [-0.1, -0.05) is 36.1 Å². The van der Waals surface area contributed by atoms with Crippen molar-refractivity contribution in [3.05, 3.63) is 65.2 Å². The lowest BCUT2D eigenvalue weighted by Gasteiger charge is -2.51. The van der Waals surface area contributed by atoms with Crippen molar-refractivity contribution in [1.29, 1.82) is 5.26 Å². The quantitative estimate of drug-likeness (QED) is 0.820. The van der Waals surface area contributed by atoms with Gasteiger partial charge in [-0.15, -0.1) is 0 Å². The van der Waals surface area contributed by atoms with Crippen LogP contribution >= 0.6 is 0 Å². The van der Waals surface area contributed by atoms with Gasteiger partial charge < -0.3 is 14.7 Å². The van der Waals surface area contributed by atoms with E-state index in [0.717, 1.165) is 35.3 Å². The maximum atomic E-state index is 12.5. The number of ether oxygens (including phenoxy) is 1. The highest BCUT2D eigenvalue weighted by molar-refractivity contribution is 5.83. The van der Waals surface area contributed by atoms with Crippen molar-refractivity contribution in [2.75, 3.05) is 13.7 Å². The van der Waals surface area contributed by atoms with Gasteiger partial charge in [0.2, 0.25) is 5.91 Å². The number of carbonyl (C=O) groups excluding carboxylic acids is 1. The minimum atomic E-state index is -0.522. The number of nitrogens with zero attached hydrogens (tertiary/aromatic N) is 2. The number of carbonyl (C=O) groups is 1. The number of aliphatic hydroxyl groups excluding tert-OH is 1. The molecule has 2 aliphatic rings. The molecule has 2 aromatic rings. The average Bonchev–Trinajstić information content (AvgIpc) is 3.58. The van der Waals surface area contributed by atoms with E-state index in [4.69, 9.17) is 4.74 Å². The Kier molecular flexibility index (Phi) is 5.25. The molecule has 5 nitrogen and oxygen atoms in total. The molecule has 5 heteroatoms. The molecular weight excluding hydrogens is 364 g/mol. The monoisotopic (exact) mass is 386 g/mol. The van der Waals surface area contributed by atoms with Crippen molar-refractivity contribution in [3.63, 3.8) is 0 Å². The molecule has 4 rings (SSSR count). The first-order valence-corrected chi connectivity index (χ1v) is 9.75. The van der Waals surface area contributed by atoms with E-state index in [1.54, 1.807) is 12.0 Å². The summed E-state index contributed by atoms with van der Waals surface area (Å²) in [6, 6.07) is 16.7. The van der Waals surface area contributed by atoms with Gasteiger partial charge in [-0.25, -0.2) is 0 Å². The summed E-state index contributed by atoms with van der Waals surface area (Å²) in [7, 11) is 1.62. The lowest BCUT2D eigenvalue weighted by Crippen LogP contribution is -2.65. The Morgan fingerprint density at radius 2 is 1.90 bits per heavy atom. The van der Waals surface area contributed by atoms with Crippen LogP contribution in [0.25, 0.3) is 0 Å². The third-order valence-corrected chi connectivity index (χ3v) is 5.66. The Balaban J connectivity index is 1.53. The zero-order chi connectivity index (χ0) is 20.4. The number of para-hydroxylation sites is 1. The van der Waals surface area contributed by atoms with Gasteiger partial charge in [0.25, 0.3) is 0 Å². The van der Waals surface area contributed by atoms with Gasteiger partial charge in [-0.3, -0.25) is 4.79 Å². The van der Waals surface area contributed by atoms with E-state index in [1.807, 2.05) is 48.5 Å². The first kappa shape index (κ1) is 19.1. The van der Waals surface area contributed by atoms with E-state index in [-0.39, 0.29) is 30.4 Å². The molecule has 1 amide bonds. The number of methoxy groups -OCH3 is 1. The van der Waals surface area contributed by atoms with E-state index in [2.05, 4.69) is 17.9 Å². The number of likely N-dealkylation sites (tertiary alicyclic amines) is 1. The standard InChI is InChI=1S/C24H22N2O3/c1-29-22-5-3-2-4-17(22)9-6-16-7-10-18(11-8-16)23-20(14-25)26(21(23)15-27)24(28)19-12-13-19/h2-5,7-8,10-11,19-21,23,27H,12-13,15H2,1H3/t20-,21+,23-/m0/s1.